The highest BCUT2D eigenvalue weighted by molar-refractivity contribution is 6.10. The number of aryl methyl sites for hydroxylation is 2. The third kappa shape index (κ3) is 2.40. The van der Waals surface area contributed by atoms with Crippen molar-refractivity contribution in [3.8, 4) is 0 Å². The highest BCUT2D eigenvalue weighted by atomic mass is 16.1. The predicted molar refractivity (Wildman–Crippen MR) is 66.9 cm³/mol. The van der Waals surface area contributed by atoms with E-state index in [9.17, 15) is 4.79 Å². The number of nitrogens with zero attached hydrogens (tertiary/aromatic N) is 3. The summed E-state index contributed by atoms with van der Waals surface area (Å²) in [5.41, 5.74) is 2.63. The molecule has 17 heavy (non-hydrogen) atoms. The summed E-state index contributed by atoms with van der Waals surface area (Å²) in [5.74, 6) is 0.141. The van der Waals surface area contributed by atoms with Gasteiger partial charge in [-0.25, -0.2) is 0 Å². The van der Waals surface area contributed by atoms with Crippen LogP contribution in [0.4, 0.5) is 0 Å². The molecule has 0 aliphatic heterocycles. The standard InChI is InChI=1S/C13H19N3O/c1-4-7-16-9-11-12(14-16)6-5-10(13(11)17)8-15(2)3/h8-9H,4-7H2,1-3H3/b10-8-. The summed E-state index contributed by atoms with van der Waals surface area (Å²) in [6.45, 7) is 2.99. The van der Waals surface area contributed by atoms with E-state index in [1.807, 2.05) is 36.1 Å². The van der Waals surface area contributed by atoms with Crippen molar-refractivity contribution in [2.75, 3.05) is 14.1 Å². The summed E-state index contributed by atoms with van der Waals surface area (Å²) in [7, 11) is 3.88. The zero-order chi connectivity index (χ0) is 12.4. The summed E-state index contributed by atoms with van der Waals surface area (Å²) >= 11 is 0. The summed E-state index contributed by atoms with van der Waals surface area (Å²) in [5, 5.41) is 4.46. The molecule has 1 aromatic rings. The summed E-state index contributed by atoms with van der Waals surface area (Å²) in [6.07, 6.45) is 6.52. The van der Waals surface area contributed by atoms with E-state index < -0.39 is 0 Å². The predicted octanol–water partition coefficient (Wildman–Crippen LogP) is 1.87. The third-order valence-electron chi connectivity index (χ3n) is 2.87. The van der Waals surface area contributed by atoms with Crippen LogP contribution in [0.15, 0.2) is 18.0 Å². The molecular weight excluding hydrogens is 214 g/mol. The van der Waals surface area contributed by atoms with Gasteiger partial charge in [-0.3, -0.25) is 9.48 Å². The van der Waals surface area contributed by atoms with Crippen molar-refractivity contribution in [2.24, 2.45) is 0 Å². The minimum Gasteiger partial charge on any atom is -0.383 e. The Morgan fingerprint density at radius 3 is 2.88 bits per heavy atom. The molecule has 2 rings (SSSR count). The molecule has 0 amide bonds. The molecule has 4 heteroatoms. The number of rotatable bonds is 3. The minimum atomic E-state index is 0.141. The van der Waals surface area contributed by atoms with Crippen LogP contribution in [0.2, 0.25) is 0 Å². The summed E-state index contributed by atoms with van der Waals surface area (Å²) < 4.78 is 1.89. The molecule has 1 aromatic heterocycles. The van der Waals surface area contributed by atoms with Gasteiger partial charge in [-0.05, 0) is 19.3 Å². The fraction of sp³-hybridized carbons (Fsp3) is 0.538. The molecule has 4 nitrogen and oxygen atoms in total. The molecular formula is C13H19N3O. The number of hydrogen-bond acceptors (Lipinski definition) is 3. The first-order valence-corrected chi connectivity index (χ1v) is 6.10. The molecule has 0 N–H and O–H groups in total. The van der Waals surface area contributed by atoms with Gasteiger partial charge in [0, 0.05) is 38.6 Å². The Labute approximate surface area is 102 Å². The quantitative estimate of drug-likeness (QED) is 0.748. The molecule has 0 radical (unpaired) electrons. The Morgan fingerprint density at radius 1 is 1.47 bits per heavy atom. The highest BCUT2D eigenvalue weighted by Gasteiger charge is 2.25. The van der Waals surface area contributed by atoms with E-state index in [2.05, 4.69) is 12.0 Å². The van der Waals surface area contributed by atoms with Gasteiger partial charge >= 0.3 is 0 Å². The number of Topliss-reactive ketones (excluding diaryl/α,β-unsaturated/α-hetero) is 1. The second-order valence-electron chi connectivity index (χ2n) is 4.70. The van der Waals surface area contributed by atoms with Gasteiger partial charge in [0.15, 0.2) is 5.78 Å². The first-order chi connectivity index (χ1) is 8.11. The molecule has 0 bridgehead atoms. The van der Waals surface area contributed by atoms with Crippen LogP contribution in [0.5, 0.6) is 0 Å². The van der Waals surface area contributed by atoms with Crippen LogP contribution in [0, 0.1) is 0 Å². The topological polar surface area (TPSA) is 38.1 Å². The second kappa shape index (κ2) is 4.73. The molecule has 0 atom stereocenters. The van der Waals surface area contributed by atoms with Crippen LogP contribution >= 0.6 is 0 Å². The van der Waals surface area contributed by atoms with Gasteiger partial charge < -0.3 is 4.90 Å². The average Bonchev–Trinajstić information content (AvgIpc) is 2.66. The number of hydrogen-bond donors (Lipinski definition) is 0. The fourth-order valence-corrected chi connectivity index (χ4v) is 2.15. The van der Waals surface area contributed by atoms with E-state index in [0.717, 1.165) is 42.6 Å². The van der Waals surface area contributed by atoms with Crippen LogP contribution in [0.1, 0.15) is 35.8 Å². The molecule has 0 saturated carbocycles. The summed E-state index contributed by atoms with van der Waals surface area (Å²) in [4.78, 5) is 14.1. The lowest BCUT2D eigenvalue weighted by Gasteiger charge is -2.14. The zero-order valence-corrected chi connectivity index (χ0v) is 10.7. The van der Waals surface area contributed by atoms with Gasteiger partial charge in [-0.2, -0.15) is 5.10 Å². The molecule has 1 aliphatic rings. The maximum atomic E-state index is 12.2. The number of ketones is 1. The second-order valence-corrected chi connectivity index (χ2v) is 4.70. The number of carbonyl (C=O) groups is 1. The molecule has 0 spiro atoms. The Bertz CT molecular complexity index is 457. The van der Waals surface area contributed by atoms with E-state index in [1.165, 1.54) is 0 Å². The van der Waals surface area contributed by atoms with Crippen LogP contribution in [0.3, 0.4) is 0 Å². The smallest absolute Gasteiger partial charge is 0.193 e. The molecule has 0 fully saturated rings. The lowest BCUT2D eigenvalue weighted by molar-refractivity contribution is 0.102. The molecule has 1 heterocycles. The molecule has 1 aliphatic carbocycles. The Balaban J connectivity index is 2.29. The fourth-order valence-electron chi connectivity index (χ4n) is 2.15. The van der Waals surface area contributed by atoms with Crippen LogP contribution in [-0.4, -0.2) is 34.6 Å². The van der Waals surface area contributed by atoms with E-state index in [4.69, 9.17) is 0 Å². The Kier molecular flexibility index (Phi) is 3.31. The normalized spacial score (nSPS) is 17.4. The molecule has 0 unspecified atom stereocenters. The van der Waals surface area contributed by atoms with Crippen molar-refractivity contribution in [1.29, 1.82) is 0 Å². The highest BCUT2D eigenvalue weighted by Crippen LogP contribution is 2.24. The van der Waals surface area contributed by atoms with Gasteiger partial charge in [0.2, 0.25) is 0 Å². The van der Waals surface area contributed by atoms with Crippen molar-refractivity contribution in [2.45, 2.75) is 32.7 Å². The van der Waals surface area contributed by atoms with Crippen molar-refractivity contribution in [3.05, 3.63) is 29.2 Å². The van der Waals surface area contributed by atoms with Crippen molar-refractivity contribution in [1.82, 2.24) is 14.7 Å². The maximum absolute atomic E-state index is 12.2. The minimum absolute atomic E-state index is 0.141. The van der Waals surface area contributed by atoms with Crippen LogP contribution in [0.25, 0.3) is 0 Å². The number of aromatic nitrogens is 2. The van der Waals surface area contributed by atoms with E-state index in [-0.39, 0.29) is 5.78 Å². The van der Waals surface area contributed by atoms with Crippen molar-refractivity contribution < 1.29 is 4.79 Å². The van der Waals surface area contributed by atoms with Gasteiger partial charge in [-0.1, -0.05) is 6.92 Å². The molecule has 0 aromatic carbocycles. The third-order valence-corrected chi connectivity index (χ3v) is 2.87. The SMILES string of the molecule is CCCn1cc2c(n1)CC/C(=C/N(C)C)C2=O. The van der Waals surface area contributed by atoms with Crippen molar-refractivity contribution in [3.63, 3.8) is 0 Å². The molecule has 92 valence electrons. The summed E-state index contributed by atoms with van der Waals surface area (Å²) in [6, 6.07) is 0. The zero-order valence-electron chi connectivity index (χ0n) is 10.7. The van der Waals surface area contributed by atoms with Crippen LogP contribution in [-0.2, 0) is 13.0 Å². The number of fused-ring (bicyclic) bond motifs is 1. The van der Waals surface area contributed by atoms with E-state index in [0.29, 0.717) is 0 Å². The largest absolute Gasteiger partial charge is 0.383 e. The van der Waals surface area contributed by atoms with E-state index in [1.54, 1.807) is 0 Å². The first kappa shape index (κ1) is 11.9. The monoisotopic (exact) mass is 233 g/mol. The Morgan fingerprint density at radius 2 is 2.24 bits per heavy atom. The molecule has 0 saturated heterocycles. The Hall–Kier alpha value is -1.58. The lowest BCUT2D eigenvalue weighted by atomic mass is 9.92. The van der Waals surface area contributed by atoms with Crippen molar-refractivity contribution >= 4 is 5.78 Å². The lowest BCUT2D eigenvalue weighted by Crippen LogP contribution is -2.16. The average molecular weight is 233 g/mol. The van der Waals surface area contributed by atoms with E-state index >= 15 is 0 Å². The maximum Gasteiger partial charge on any atom is 0.193 e. The van der Waals surface area contributed by atoms with Gasteiger partial charge in [0.1, 0.15) is 0 Å². The first-order valence-electron chi connectivity index (χ1n) is 6.10. The van der Waals surface area contributed by atoms with Gasteiger partial charge in [-0.15, -0.1) is 0 Å². The van der Waals surface area contributed by atoms with Gasteiger partial charge in [0.25, 0.3) is 0 Å². The van der Waals surface area contributed by atoms with Gasteiger partial charge in [0.05, 0.1) is 11.3 Å². The number of allylic oxidation sites excluding steroid dienone is 1. The number of carbonyl (C=O) groups excluding carboxylic acids is 1. The van der Waals surface area contributed by atoms with Crippen LogP contribution < -0.4 is 0 Å².